The second kappa shape index (κ2) is 2.88. The lowest BCUT2D eigenvalue weighted by atomic mass is 10.2. The van der Waals surface area contributed by atoms with E-state index < -0.39 is 17.0 Å². The number of hydrogen-bond acceptors (Lipinski definition) is 3. The van der Waals surface area contributed by atoms with Gasteiger partial charge in [-0.2, -0.15) is 5.26 Å². The van der Waals surface area contributed by atoms with E-state index in [2.05, 4.69) is 4.98 Å². The minimum Gasteiger partial charge on any atom is -0.477 e. The van der Waals surface area contributed by atoms with Gasteiger partial charge in [0.1, 0.15) is 17.2 Å². The molecule has 0 saturated heterocycles. The van der Waals surface area contributed by atoms with Crippen LogP contribution in [0.1, 0.15) is 15.9 Å². The molecule has 5 nitrogen and oxygen atoms in total. The normalized spacial score (nSPS) is 8.92. The fraction of sp³-hybridized carbons (Fsp3) is 0. The van der Waals surface area contributed by atoms with Gasteiger partial charge in [0, 0.05) is 12.4 Å². The van der Waals surface area contributed by atoms with Gasteiger partial charge in [-0.1, -0.05) is 0 Å². The molecule has 0 unspecified atom stereocenters. The summed E-state index contributed by atoms with van der Waals surface area (Å²) in [6, 6.07) is 1.58. The van der Waals surface area contributed by atoms with Gasteiger partial charge in [-0.25, -0.2) is 4.79 Å². The van der Waals surface area contributed by atoms with Crippen molar-refractivity contribution in [2.75, 3.05) is 0 Å². The van der Waals surface area contributed by atoms with Crippen molar-refractivity contribution in [2.24, 2.45) is 0 Å². The Hall–Kier alpha value is -2.09. The number of aromatic amines is 1. The lowest BCUT2D eigenvalue weighted by molar-refractivity contribution is 0.0695. The second-order valence-corrected chi connectivity index (χ2v) is 2.03. The molecule has 5 heteroatoms. The van der Waals surface area contributed by atoms with Gasteiger partial charge in [0.05, 0.1) is 0 Å². The number of hydrogen-bond donors (Lipinski definition) is 2. The molecule has 0 aliphatic rings. The molecule has 12 heavy (non-hydrogen) atoms. The second-order valence-electron chi connectivity index (χ2n) is 2.03. The molecule has 0 aliphatic heterocycles. The molecule has 1 heterocycles. The zero-order chi connectivity index (χ0) is 9.14. The van der Waals surface area contributed by atoms with E-state index in [0.717, 1.165) is 12.4 Å². The Morgan fingerprint density at radius 3 is 2.75 bits per heavy atom. The van der Waals surface area contributed by atoms with E-state index in [1.807, 2.05) is 0 Å². The minimum atomic E-state index is -1.34. The van der Waals surface area contributed by atoms with Gasteiger partial charge in [0.2, 0.25) is 5.43 Å². The molecule has 0 amide bonds. The molecule has 1 rings (SSSR count). The Labute approximate surface area is 66.9 Å². The largest absolute Gasteiger partial charge is 0.477 e. The first-order chi connectivity index (χ1) is 5.66. The van der Waals surface area contributed by atoms with Crippen molar-refractivity contribution in [3.05, 3.63) is 33.7 Å². The molecular formula is C7H4N2O3. The predicted molar refractivity (Wildman–Crippen MR) is 38.7 cm³/mol. The molecule has 1 aromatic rings. The van der Waals surface area contributed by atoms with E-state index in [-0.39, 0.29) is 5.56 Å². The Morgan fingerprint density at radius 1 is 1.58 bits per heavy atom. The number of nitrogens with one attached hydrogen (secondary N) is 1. The summed E-state index contributed by atoms with van der Waals surface area (Å²) in [6.07, 6.45) is 2.21. The van der Waals surface area contributed by atoms with E-state index >= 15 is 0 Å². The summed E-state index contributed by atoms with van der Waals surface area (Å²) >= 11 is 0. The zero-order valence-electron chi connectivity index (χ0n) is 5.87. The van der Waals surface area contributed by atoms with Gasteiger partial charge in [0.25, 0.3) is 0 Å². The Kier molecular flexibility index (Phi) is 1.92. The molecular weight excluding hydrogens is 160 g/mol. The molecule has 0 spiro atoms. The molecule has 0 fully saturated rings. The highest BCUT2D eigenvalue weighted by atomic mass is 16.4. The van der Waals surface area contributed by atoms with Crippen LogP contribution in [0.15, 0.2) is 17.2 Å². The number of nitrogens with zero attached hydrogens (tertiary/aromatic N) is 1. The number of pyridine rings is 1. The van der Waals surface area contributed by atoms with Gasteiger partial charge >= 0.3 is 5.97 Å². The van der Waals surface area contributed by atoms with Crippen LogP contribution in [0, 0.1) is 11.3 Å². The van der Waals surface area contributed by atoms with E-state index in [4.69, 9.17) is 10.4 Å². The van der Waals surface area contributed by atoms with Crippen LogP contribution >= 0.6 is 0 Å². The van der Waals surface area contributed by atoms with E-state index in [1.54, 1.807) is 6.07 Å². The van der Waals surface area contributed by atoms with E-state index in [0.29, 0.717) is 0 Å². The average Bonchev–Trinajstić information content (AvgIpc) is 2.04. The van der Waals surface area contributed by atoms with Gasteiger partial charge < -0.3 is 10.1 Å². The number of H-pyrrole nitrogens is 1. The third-order valence-electron chi connectivity index (χ3n) is 1.30. The van der Waals surface area contributed by atoms with Crippen LogP contribution in [-0.2, 0) is 0 Å². The molecule has 0 saturated carbocycles. The quantitative estimate of drug-likeness (QED) is 0.608. The number of aromatic carboxylic acids is 1. The summed E-state index contributed by atoms with van der Waals surface area (Å²) in [5, 5.41) is 16.8. The summed E-state index contributed by atoms with van der Waals surface area (Å²) in [7, 11) is 0. The first kappa shape index (κ1) is 8.01. The van der Waals surface area contributed by atoms with Crippen molar-refractivity contribution in [2.45, 2.75) is 0 Å². The highest BCUT2D eigenvalue weighted by molar-refractivity contribution is 5.87. The Morgan fingerprint density at radius 2 is 2.25 bits per heavy atom. The highest BCUT2D eigenvalue weighted by Gasteiger charge is 2.10. The van der Waals surface area contributed by atoms with E-state index in [9.17, 15) is 9.59 Å². The lowest BCUT2D eigenvalue weighted by Crippen LogP contribution is -2.17. The zero-order valence-corrected chi connectivity index (χ0v) is 5.87. The summed E-state index contributed by atoms with van der Waals surface area (Å²) in [5.74, 6) is -1.34. The van der Waals surface area contributed by atoms with Crippen LogP contribution in [0.3, 0.4) is 0 Å². The first-order valence-electron chi connectivity index (χ1n) is 3.01. The van der Waals surface area contributed by atoms with Crippen molar-refractivity contribution in [1.29, 1.82) is 5.26 Å². The first-order valence-corrected chi connectivity index (χ1v) is 3.01. The molecule has 0 aliphatic carbocycles. The van der Waals surface area contributed by atoms with Crippen molar-refractivity contribution >= 4 is 5.97 Å². The van der Waals surface area contributed by atoms with Gasteiger partial charge in [-0.05, 0) is 0 Å². The summed E-state index contributed by atoms with van der Waals surface area (Å²) < 4.78 is 0. The smallest absolute Gasteiger partial charge is 0.341 e. The van der Waals surface area contributed by atoms with Gasteiger partial charge in [0.15, 0.2) is 0 Å². The highest BCUT2D eigenvalue weighted by Crippen LogP contribution is 1.91. The van der Waals surface area contributed by atoms with Gasteiger partial charge in [-0.15, -0.1) is 0 Å². The standard InChI is InChI=1S/C7H4N2O3/c8-1-4-2-9-3-5(6(4)10)7(11)12/h2-3H,(H,9,10)(H,11,12). The summed E-state index contributed by atoms with van der Waals surface area (Å²) in [4.78, 5) is 23.8. The molecule has 0 radical (unpaired) electrons. The van der Waals surface area contributed by atoms with Crippen LogP contribution in [0.4, 0.5) is 0 Å². The van der Waals surface area contributed by atoms with Crippen LogP contribution < -0.4 is 5.43 Å². The number of carboxylic acid groups (broad SMARTS) is 1. The van der Waals surface area contributed by atoms with Crippen LogP contribution in [0.25, 0.3) is 0 Å². The van der Waals surface area contributed by atoms with E-state index in [1.165, 1.54) is 0 Å². The minimum absolute atomic E-state index is 0.199. The third kappa shape index (κ3) is 1.18. The van der Waals surface area contributed by atoms with Crippen LogP contribution in [0.2, 0.25) is 0 Å². The SMILES string of the molecule is N#Cc1c[nH]cc(C(=O)O)c1=O. The fourth-order valence-electron chi connectivity index (χ4n) is 0.726. The summed E-state index contributed by atoms with van der Waals surface area (Å²) in [6.45, 7) is 0. The number of rotatable bonds is 1. The third-order valence-corrected chi connectivity index (χ3v) is 1.30. The van der Waals surface area contributed by atoms with Crippen molar-refractivity contribution < 1.29 is 9.90 Å². The predicted octanol–water partition coefficient (Wildman–Crippen LogP) is -0.0552. The number of aromatic nitrogens is 1. The van der Waals surface area contributed by atoms with Crippen molar-refractivity contribution in [3.63, 3.8) is 0 Å². The number of nitriles is 1. The molecule has 60 valence electrons. The van der Waals surface area contributed by atoms with Gasteiger partial charge in [-0.3, -0.25) is 4.79 Å². The maximum absolute atomic E-state index is 11.0. The van der Waals surface area contributed by atoms with Crippen LogP contribution in [-0.4, -0.2) is 16.1 Å². The van der Waals surface area contributed by atoms with Crippen LogP contribution in [0.5, 0.6) is 0 Å². The number of carboxylic acids is 1. The molecule has 2 N–H and O–H groups in total. The molecule has 1 aromatic heterocycles. The van der Waals surface area contributed by atoms with Crippen molar-refractivity contribution in [1.82, 2.24) is 4.98 Å². The summed E-state index contributed by atoms with van der Waals surface area (Å²) in [5.41, 5.74) is -1.38. The maximum atomic E-state index is 11.0. The topological polar surface area (TPSA) is 93.9 Å². The Bertz CT molecular complexity index is 413. The van der Waals surface area contributed by atoms with Crippen molar-refractivity contribution in [3.8, 4) is 6.07 Å². The fourth-order valence-corrected chi connectivity index (χ4v) is 0.726. The monoisotopic (exact) mass is 164 g/mol. The Balaban J connectivity index is 3.46. The average molecular weight is 164 g/mol. The molecule has 0 bridgehead atoms. The molecule has 0 atom stereocenters. The molecule has 0 aromatic carbocycles. The maximum Gasteiger partial charge on any atom is 0.341 e. The lowest BCUT2D eigenvalue weighted by Gasteiger charge is -1.91. The number of carbonyl (C=O) groups is 1.